The molecule has 0 atom stereocenters. The number of aryl methyl sites for hydroxylation is 3. The molecule has 0 saturated heterocycles. The van der Waals surface area contributed by atoms with Crippen LogP contribution in [0.25, 0.3) is 10.2 Å². The van der Waals surface area contributed by atoms with Crippen molar-refractivity contribution in [3.8, 4) is 0 Å². The van der Waals surface area contributed by atoms with Gasteiger partial charge in [-0.05, 0) is 24.8 Å². The Morgan fingerprint density at radius 1 is 1.48 bits per heavy atom. The van der Waals surface area contributed by atoms with Crippen molar-refractivity contribution >= 4 is 27.5 Å². The second-order valence-electron chi connectivity index (χ2n) is 5.12. The van der Waals surface area contributed by atoms with Crippen LogP contribution in [0.3, 0.4) is 0 Å². The molecular formula is C14H17N3O3S. The van der Waals surface area contributed by atoms with Crippen LogP contribution in [-0.4, -0.2) is 35.1 Å². The molecule has 1 aliphatic rings. The van der Waals surface area contributed by atoms with Crippen LogP contribution in [0.1, 0.15) is 29.1 Å². The van der Waals surface area contributed by atoms with E-state index >= 15 is 0 Å². The SMILES string of the molecule is CON(C)C(=O)CCc1nc2sc3c(c2c(=O)[nH]1)CCC3. The number of hydrogen-bond donors (Lipinski definition) is 1. The topological polar surface area (TPSA) is 75.3 Å². The monoisotopic (exact) mass is 307 g/mol. The lowest BCUT2D eigenvalue weighted by atomic mass is 10.2. The van der Waals surface area contributed by atoms with E-state index in [2.05, 4.69) is 9.97 Å². The highest BCUT2D eigenvalue weighted by Crippen LogP contribution is 2.34. The maximum atomic E-state index is 12.2. The van der Waals surface area contributed by atoms with Crippen molar-refractivity contribution in [3.05, 3.63) is 26.6 Å². The maximum Gasteiger partial charge on any atom is 0.259 e. The number of aromatic nitrogens is 2. The highest BCUT2D eigenvalue weighted by atomic mass is 32.1. The fourth-order valence-electron chi connectivity index (χ4n) is 2.65. The van der Waals surface area contributed by atoms with E-state index in [-0.39, 0.29) is 17.9 Å². The predicted molar refractivity (Wildman–Crippen MR) is 80.4 cm³/mol. The molecule has 3 rings (SSSR count). The average molecular weight is 307 g/mol. The third kappa shape index (κ3) is 2.58. The van der Waals surface area contributed by atoms with Crippen molar-refractivity contribution in [1.82, 2.24) is 15.0 Å². The number of carbonyl (C=O) groups excluding carboxylic acids is 1. The zero-order valence-corrected chi connectivity index (χ0v) is 12.9. The van der Waals surface area contributed by atoms with Crippen LogP contribution >= 0.6 is 11.3 Å². The predicted octanol–water partition coefficient (Wildman–Crippen LogP) is 1.43. The van der Waals surface area contributed by atoms with Crippen molar-refractivity contribution in [3.63, 3.8) is 0 Å². The summed E-state index contributed by atoms with van der Waals surface area (Å²) in [5.74, 6) is 0.416. The molecule has 21 heavy (non-hydrogen) atoms. The number of rotatable bonds is 4. The Hall–Kier alpha value is -1.73. The van der Waals surface area contributed by atoms with Crippen LogP contribution in [-0.2, 0) is 28.9 Å². The van der Waals surface area contributed by atoms with Crippen molar-refractivity contribution in [2.45, 2.75) is 32.1 Å². The third-order valence-electron chi connectivity index (χ3n) is 3.82. The molecule has 0 unspecified atom stereocenters. The zero-order valence-electron chi connectivity index (χ0n) is 12.1. The van der Waals surface area contributed by atoms with E-state index < -0.39 is 0 Å². The fraction of sp³-hybridized carbons (Fsp3) is 0.500. The summed E-state index contributed by atoms with van der Waals surface area (Å²) in [6.45, 7) is 0. The van der Waals surface area contributed by atoms with Gasteiger partial charge in [-0.25, -0.2) is 10.0 Å². The molecule has 0 fully saturated rings. The summed E-state index contributed by atoms with van der Waals surface area (Å²) >= 11 is 1.61. The van der Waals surface area contributed by atoms with Gasteiger partial charge in [-0.1, -0.05) is 0 Å². The number of nitrogens with zero attached hydrogens (tertiary/aromatic N) is 2. The molecular weight excluding hydrogens is 290 g/mol. The number of nitrogens with one attached hydrogen (secondary N) is 1. The van der Waals surface area contributed by atoms with E-state index in [1.807, 2.05) is 0 Å². The minimum absolute atomic E-state index is 0.0815. The lowest BCUT2D eigenvalue weighted by Gasteiger charge is -2.12. The van der Waals surface area contributed by atoms with Crippen LogP contribution < -0.4 is 5.56 Å². The van der Waals surface area contributed by atoms with E-state index in [0.29, 0.717) is 12.2 Å². The molecule has 7 heteroatoms. The van der Waals surface area contributed by atoms with Gasteiger partial charge in [0.15, 0.2) is 0 Å². The van der Waals surface area contributed by atoms with Gasteiger partial charge in [0.25, 0.3) is 5.56 Å². The summed E-state index contributed by atoms with van der Waals surface area (Å²) in [4.78, 5) is 38.2. The Morgan fingerprint density at radius 2 is 2.29 bits per heavy atom. The number of fused-ring (bicyclic) bond motifs is 3. The number of hydrogen-bond acceptors (Lipinski definition) is 5. The second kappa shape index (κ2) is 5.57. The number of amides is 1. The fourth-order valence-corrected chi connectivity index (χ4v) is 3.93. The third-order valence-corrected chi connectivity index (χ3v) is 5.01. The minimum Gasteiger partial charge on any atom is -0.310 e. The van der Waals surface area contributed by atoms with Gasteiger partial charge < -0.3 is 4.98 Å². The Balaban J connectivity index is 1.85. The highest BCUT2D eigenvalue weighted by molar-refractivity contribution is 7.18. The van der Waals surface area contributed by atoms with Gasteiger partial charge >= 0.3 is 0 Å². The van der Waals surface area contributed by atoms with Crippen molar-refractivity contribution in [2.24, 2.45) is 0 Å². The molecule has 0 aliphatic heterocycles. The first-order valence-corrected chi connectivity index (χ1v) is 7.76. The quantitative estimate of drug-likeness (QED) is 0.867. The summed E-state index contributed by atoms with van der Waals surface area (Å²) < 4.78 is 0. The van der Waals surface area contributed by atoms with E-state index in [1.54, 1.807) is 18.4 Å². The molecule has 0 saturated carbocycles. The van der Waals surface area contributed by atoms with Crippen molar-refractivity contribution in [1.29, 1.82) is 0 Å². The summed E-state index contributed by atoms with van der Waals surface area (Å²) in [6.07, 6.45) is 3.79. The van der Waals surface area contributed by atoms with E-state index in [9.17, 15) is 9.59 Å². The largest absolute Gasteiger partial charge is 0.310 e. The first-order chi connectivity index (χ1) is 10.1. The first kappa shape index (κ1) is 14.2. The van der Waals surface area contributed by atoms with E-state index in [1.165, 1.54) is 22.6 Å². The second-order valence-corrected chi connectivity index (χ2v) is 6.21. The van der Waals surface area contributed by atoms with Gasteiger partial charge in [-0.2, -0.15) is 0 Å². The van der Waals surface area contributed by atoms with E-state index in [0.717, 1.165) is 29.5 Å². The molecule has 1 amide bonds. The van der Waals surface area contributed by atoms with Gasteiger partial charge in [0, 0.05) is 24.8 Å². The van der Waals surface area contributed by atoms with Gasteiger partial charge in [0.05, 0.1) is 12.5 Å². The number of carbonyl (C=O) groups is 1. The van der Waals surface area contributed by atoms with Gasteiger partial charge in [0.2, 0.25) is 5.91 Å². The first-order valence-electron chi connectivity index (χ1n) is 6.94. The standard InChI is InChI=1S/C14H17N3O3S/c1-17(20-2)11(18)7-6-10-15-13(19)12-8-4-3-5-9(8)21-14(12)16-10/h3-7H2,1-2H3,(H,15,16,19). The Bertz CT molecular complexity index is 750. The lowest BCUT2D eigenvalue weighted by molar-refractivity contribution is -0.168. The number of hydroxylamine groups is 2. The number of H-pyrrole nitrogens is 1. The average Bonchev–Trinajstić information content (AvgIpc) is 3.03. The highest BCUT2D eigenvalue weighted by Gasteiger charge is 2.21. The summed E-state index contributed by atoms with van der Waals surface area (Å²) in [7, 11) is 3.00. The van der Waals surface area contributed by atoms with Crippen LogP contribution in [0, 0.1) is 0 Å². The van der Waals surface area contributed by atoms with E-state index in [4.69, 9.17) is 4.84 Å². The van der Waals surface area contributed by atoms with Crippen LogP contribution in [0.4, 0.5) is 0 Å². The lowest BCUT2D eigenvalue weighted by Crippen LogP contribution is -2.26. The molecule has 0 spiro atoms. The number of aromatic amines is 1. The Morgan fingerprint density at radius 3 is 3.05 bits per heavy atom. The summed E-state index contributed by atoms with van der Waals surface area (Å²) in [6, 6.07) is 0. The van der Waals surface area contributed by atoms with Gasteiger partial charge in [-0.15, -0.1) is 11.3 Å². The van der Waals surface area contributed by atoms with Crippen molar-refractivity contribution in [2.75, 3.05) is 14.2 Å². The Labute approximate surface area is 125 Å². The smallest absolute Gasteiger partial charge is 0.259 e. The molecule has 2 aromatic rings. The molecule has 1 aliphatic carbocycles. The molecule has 2 aromatic heterocycles. The van der Waals surface area contributed by atoms with Gasteiger partial charge in [-0.3, -0.25) is 14.4 Å². The molecule has 1 N–H and O–H groups in total. The molecule has 0 bridgehead atoms. The molecule has 6 nitrogen and oxygen atoms in total. The Kier molecular flexibility index (Phi) is 3.77. The molecule has 0 aromatic carbocycles. The summed E-state index contributed by atoms with van der Waals surface area (Å²) in [5.41, 5.74) is 1.09. The van der Waals surface area contributed by atoms with Crippen LogP contribution in [0.5, 0.6) is 0 Å². The minimum atomic E-state index is -0.145. The van der Waals surface area contributed by atoms with Gasteiger partial charge in [0.1, 0.15) is 10.7 Å². The maximum absolute atomic E-state index is 12.2. The normalized spacial score (nSPS) is 13.6. The van der Waals surface area contributed by atoms with Crippen molar-refractivity contribution < 1.29 is 9.63 Å². The zero-order chi connectivity index (χ0) is 15.0. The molecule has 2 heterocycles. The summed E-state index contributed by atoms with van der Waals surface area (Å²) in [5, 5.41) is 1.92. The van der Waals surface area contributed by atoms with Crippen LogP contribution in [0.15, 0.2) is 4.79 Å². The number of thiophene rings is 1. The molecule has 0 radical (unpaired) electrons. The molecule has 112 valence electrons. The van der Waals surface area contributed by atoms with Crippen LogP contribution in [0.2, 0.25) is 0 Å².